The molecule has 1 aliphatic rings. The number of nitrogens with two attached hydrogens (primary N) is 1. The van der Waals surface area contributed by atoms with E-state index in [-0.39, 0.29) is 30.6 Å². The SMILES string of the molecule is CCCC(CCO)Nc1nc(N)nc(C)c1Cc1ccc(OCCCN2CCCC2C(=O)OC(C)(C)C)cc1OC. The lowest BCUT2D eigenvalue weighted by atomic mass is 10.0. The fraction of sp³-hybridized carbons (Fsp3) is 0.645. The third-order valence-electron chi connectivity index (χ3n) is 7.21. The van der Waals surface area contributed by atoms with Crippen molar-refractivity contribution >= 4 is 17.7 Å². The molecule has 1 saturated heterocycles. The Hall–Kier alpha value is -3.11. The minimum atomic E-state index is -0.477. The predicted octanol–water partition coefficient (Wildman–Crippen LogP) is 4.50. The zero-order valence-corrected chi connectivity index (χ0v) is 25.7. The van der Waals surface area contributed by atoms with Crippen LogP contribution in [0.3, 0.4) is 0 Å². The molecule has 2 unspecified atom stereocenters. The molecule has 0 radical (unpaired) electrons. The number of aryl methyl sites for hydroxylation is 1. The van der Waals surface area contributed by atoms with Crippen molar-refractivity contribution in [2.24, 2.45) is 0 Å². The number of nitrogens with zero attached hydrogens (tertiary/aromatic N) is 3. The maximum atomic E-state index is 12.6. The molecule has 41 heavy (non-hydrogen) atoms. The van der Waals surface area contributed by atoms with E-state index >= 15 is 0 Å². The average Bonchev–Trinajstić information content (AvgIpc) is 3.37. The largest absolute Gasteiger partial charge is 0.496 e. The number of anilines is 2. The molecule has 3 rings (SSSR count). The lowest BCUT2D eigenvalue weighted by Crippen LogP contribution is -2.41. The number of nitrogens with one attached hydrogen (secondary N) is 1. The second kappa shape index (κ2) is 15.2. The number of benzene rings is 1. The summed E-state index contributed by atoms with van der Waals surface area (Å²) in [5.41, 5.74) is 8.23. The first kappa shape index (κ1) is 32.4. The van der Waals surface area contributed by atoms with Gasteiger partial charge in [-0.3, -0.25) is 9.69 Å². The summed E-state index contributed by atoms with van der Waals surface area (Å²) in [6, 6.07) is 5.78. The summed E-state index contributed by atoms with van der Waals surface area (Å²) in [7, 11) is 1.65. The molecule has 0 spiro atoms. The van der Waals surface area contributed by atoms with E-state index in [1.54, 1.807) is 7.11 Å². The number of esters is 1. The van der Waals surface area contributed by atoms with E-state index in [0.29, 0.717) is 25.3 Å². The Labute approximate surface area is 245 Å². The highest BCUT2D eigenvalue weighted by molar-refractivity contribution is 5.76. The molecule has 2 atom stereocenters. The Kier molecular flexibility index (Phi) is 12.0. The van der Waals surface area contributed by atoms with Crippen LogP contribution in [0.4, 0.5) is 11.8 Å². The maximum absolute atomic E-state index is 12.6. The van der Waals surface area contributed by atoms with E-state index in [2.05, 4.69) is 27.1 Å². The summed E-state index contributed by atoms with van der Waals surface area (Å²) in [6.45, 7) is 12.1. The first-order chi connectivity index (χ1) is 19.5. The van der Waals surface area contributed by atoms with Gasteiger partial charge in [0.25, 0.3) is 0 Å². The van der Waals surface area contributed by atoms with Gasteiger partial charge in [-0.05, 0) is 78.0 Å². The fourth-order valence-electron chi connectivity index (χ4n) is 5.27. The number of likely N-dealkylation sites (tertiary alicyclic amines) is 1. The summed E-state index contributed by atoms with van der Waals surface area (Å²) in [5, 5.41) is 13.0. The molecular formula is C31H49N5O5. The van der Waals surface area contributed by atoms with Gasteiger partial charge in [-0.15, -0.1) is 0 Å². The van der Waals surface area contributed by atoms with Crippen molar-refractivity contribution in [2.45, 2.75) is 97.2 Å². The van der Waals surface area contributed by atoms with Gasteiger partial charge >= 0.3 is 5.97 Å². The molecule has 0 amide bonds. The summed E-state index contributed by atoms with van der Waals surface area (Å²) in [6.07, 6.45) is 5.72. The van der Waals surface area contributed by atoms with Crippen molar-refractivity contribution in [2.75, 3.05) is 44.5 Å². The van der Waals surface area contributed by atoms with Crippen LogP contribution in [0.1, 0.15) is 83.0 Å². The summed E-state index contributed by atoms with van der Waals surface area (Å²) < 4.78 is 17.4. The van der Waals surface area contributed by atoms with Crippen LogP contribution in [-0.2, 0) is 16.0 Å². The first-order valence-corrected chi connectivity index (χ1v) is 14.8. The van der Waals surface area contributed by atoms with Gasteiger partial charge in [-0.25, -0.2) is 4.98 Å². The topological polar surface area (TPSA) is 132 Å². The van der Waals surface area contributed by atoms with Crippen LogP contribution in [0, 0.1) is 6.92 Å². The minimum Gasteiger partial charge on any atom is -0.496 e. The molecule has 4 N–H and O–H groups in total. The Bertz CT molecular complexity index is 1130. The monoisotopic (exact) mass is 571 g/mol. The number of aliphatic hydroxyl groups is 1. The molecule has 0 bridgehead atoms. The van der Waals surface area contributed by atoms with E-state index < -0.39 is 5.60 Å². The number of aliphatic hydroxyl groups excluding tert-OH is 1. The van der Waals surface area contributed by atoms with Crippen LogP contribution in [0.15, 0.2) is 18.2 Å². The van der Waals surface area contributed by atoms with Gasteiger partial charge in [0.2, 0.25) is 5.95 Å². The van der Waals surface area contributed by atoms with Gasteiger partial charge in [0, 0.05) is 42.9 Å². The minimum absolute atomic E-state index is 0.0927. The van der Waals surface area contributed by atoms with Crippen LogP contribution < -0.4 is 20.5 Å². The van der Waals surface area contributed by atoms with Crippen molar-refractivity contribution < 1.29 is 24.1 Å². The molecular weight excluding hydrogens is 522 g/mol. The molecule has 10 nitrogen and oxygen atoms in total. The number of methoxy groups -OCH3 is 1. The number of hydrogen-bond donors (Lipinski definition) is 3. The fourth-order valence-corrected chi connectivity index (χ4v) is 5.27. The van der Waals surface area contributed by atoms with Crippen LogP contribution >= 0.6 is 0 Å². The molecule has 1 aromatic carbocycles. The Morgan fingerprint density at radius 3 is 2.73 bits per heavy atom. The lowest BCUT2D eigenvalue weighted by molar-refractivity contribution is -0.160. The first-order valence-electron chi connectivity index (χ1n) is 14.8. The number of carbonyl (C=O) groups excluding carboxylic acids is 1. The van der Waals surface area contributed by atoms with E-state index in [4.69, 9.17) is 19.9 Å². The molecule has 0 aliphatic carbocycles. The predicted molar refractivity (Wildman–Crippen MR) is 162 cm³/mol. The van der Waals surface area contributed by atoms with E-state index in [1.165, 1.54) is 0 Å². The second-order valence-electron chi connectivity index (χ2n) is 11.7. The van der Waals surface area contributed by atoms with Gasteiger partial charge in [0.1, 0.15) is 29.0 Å². The third kappa shape index (κ3) is 9.74. The van der Waals surface area contributed by atoms with Crippen molar-refractivity contribution in [1.29, 1.82) is 0 Å². The van der Waals surface area contributed by atoms with Crippen molar-refractivity contribution in [3.05, 3.63) is 35.0 Å². The van der Waals surface area contributed by atoms with E-state index in [9.17, 15) is 9.90 Å². The van der Waals surface area contributed by atoms with Crippen molar-refractivity contribution in [3.8, 4) is 11.5 Å². The molecule has 228 valence electrons. The molecule has 1 fully saturated rings. The maximum Gasteiger partial charge on any atom is 0.323 e. The smallest absolute Gasteiger partial charge is 0.323 e. The molecule has 2 heterocycles. The summed E-state index contributed by atoms with van der Waals surface area (Å²) in [4.78, 5) is 23.7. The Morgan fingerprint density at radius 2 is 2.05 bits per heavy atom. The highest BCUT2D eigenvalue weighted by Crippen LogP contribution is 2.30. The van der Waals surface area contributed by atoms with Crippen LogP contribution in [0.5, 0.6) is 11.5 Å². The number of hydrogen-bond acceptors (Lipinski definition) is 10. The second-order valence-corrected chi connectivity index (χ2v) is 11.7. The van der Waals surface area contributed by atoms with Gasteiger partial charge in [0.05, 0.1) is 13.7 Å². The average molecular weight is 572 g/mol. The van der Waals surface area contributed by atoms with Crippen molar-refractivity contribution in [3.63, 3.8) is 0 Å². The number of aromatic nitrogens is 2. The van der Waals surface area contributed by atoms with Crippen molar-refractivity contribution in [1.82, 2.24) is 14.9 Å². The zero-order valence-electron chi connectivity index (χ0n) is 25.7. The van der Waals surface area contributed by atoms with E-state index in [1.807, 2.05) is 45.9 Å². The Morgan fingerprint density at radius 1 is 1.27 bits per heavy atom. The summed E-state index contributed by atoms with van der Waals surface area (Å²) in [5.74, 6) is 2.22. The molecule has 2 aromatic rings. The quantitative estimate of drug-likeness (QED) is 0.207. The number of nitrogen functional groups attached to an aromatic ring is 1. The standard InChI is InChI=1S/C31H49N5O5/c1-7-10-23(14-17-37)34-28-25(21(2)33-30(32)35-28)19-22-12-13-24(20-27(22)39-6)40-18-9-16-36-15-8-11-26(36)29(38)41-31(3,4)5/h12-13,20,23,26,37H,7-11,14-19H2,1-6H3,(H3,32,33,34,35). The number of rotatable bonds is 15. The number of ether oxygens (including phenoxy) is 3. The molecule has 0 saturated carbocycles. The molecule has 10 heteroatoms. The van der Waals surface area contributed by atoms with E-state index in [0.717, 1.165) is 73.5 Å². The van der Waals surface area contributed by atoms with Crippen LogP contribution in [0.2, 0.25) is 0 Å². The highest BCUT2D eigenvalue weighted by Gasteiger charge is 2.33. The third-order valence-corrected chi connectivity index (χ3v) is 7.21. The van der Waals surface area contributed by atoms with Gasteiger partial charge in [-0.2, -0.15) is 4.98 Å². The highest BCUT2D eigenvalue weighted by atomic mass is 16.6. The molecule has 1 aliphatic heterocycles. The number of carbonyl (C=O) groups is 1. The molecule has 1 aromatic heterocycles. The van der Waals surface area contributed by atoms with Gasteiger partial charge in [0.15, 0.2) is 0 Å². The lowest BCUT2D eigenvalue weighted by Gasteiger charge is -2.27. The van der Waals surface area contributed by atoms with Gasteiger partial charge in [-0.1, -0.05) is 19.4 Å². The Balaban J connectivity index is 1.63. The zero-order chi connectivity index (χ0) is 30.0. The van der Waals surface area contributed by atoms with Crippen LogP contribution in [0.25, 0.3) is 0 Å². The van der Waals surface area contributed by atoms with Crippen LogP contribution in [-0.4, -0.2) is 77.0 Å². The van der Waals surface area contributed by atoms with Gasteiger partial charge < -0.3 is 30.4 Å². The summed E-state index contributed by atoms with van der Waals surface area (Å²) >= 11 is 0. The normalized spacial score (nSPS) is 16.4.